The molecule has 5 heteroatoms. The smallest absolute Gasteiger partial charge is 0.252 e. The Bertz CT molecular complexity index is 3050. The van der Waals surface area contributed by atoms with Gasteiger partial charge in [-0.3, -0.25) is 0 Å². The Balaban J connectivity index is 1.20. The fourth-order valence-electron chi connectivity index (χ4n) is 9.29. The molecule has 0 N–H and O–H groups in total. The van der Waals surface area contributed by atoms with Gasteiger partial charge in [0.15, 0.2) is 0 Å². The van der Waals surface area contributed by atoms with Crippen LogP contribution in [0.5, 0.6) is 0 Å². The van der Waals surface area contributed by atoms with Crippen molar-refractivity contribution in [3.63, 3.8) is 0 Å². The normalized spacial score (nSPS) is 13.5. The molecular weight excluding hydrogens is 607 g/mol. The van der Waals surface area contributed by atoms with Crippen LogP contribution in [0.15, 0.2) is 127 Å². The summed E-state index contributed by atoms with van der Waals surface area (Å²) in [6, 6.07) is 48.5. The highest BCUT2D eigenvalue weighted by Gasteiger charge is 2.40. The molecule has 13 rings (SSSR count). The maximum absolute atomic E-state index is 2.58. The fourth-order valence-corrected chi connectivity index (χ4v) is 11.5. The van der Waals surface area contributed by atoms with Crippen LogP contribution in [0.25, 0.3) is 95.3 Å². The molecule has 7 aromatic carbocycles. The highest BCUT2D eigenvalue weighted by Crippen LogP contribution is 2.44. The van der Waals surface area contributed by atoms with E-state index in [-0.39, 0.29) is 6.71 Å². The molecule has 0 atom stereocenters. The molecule has 0 unspecified atom stereocenters. The molecule has 47 heavy (non-hydrogen) atoms. The molecule has 0 radical (unpaired) electrons. The minimum Gasteiger partial charge on any atom is -0.310 e. The Morgan fingerprint density at radius 1 is 0.383 bits per heavy atom. The van der Waals surface area contributed by atoms with Gasteiger partial charge in [-0.2, -0.15) is 0 Å². The van der Waals surface area contributed by atoms with Gasteiger partial charge >= 0.3 is 0 Å². The molecular formula is C42H21BN2S2. The van der Waals surface area contributed by atoms with Crippen LogP contribution in [0.4, 0.5) is 0 Å². The molecule has 0 saturated heterocycles. The van der Waals surface area contributed by atoms with Crippen molar-refractivity contribution in [3.8, 4) is 11.4 Å². The average Bonchev–Trinajstić information content (AvgIpc) is 3.85. The van der Waals surface area contributed by atoms with Gasteiger partial charge in [0.05, 0.1) is 11.0 Å². The van der Waals surface area contributed by atoms with Crippen LogP contribution in [0, 0.1) is 0 Å². The van der Waals surface area contributed by atoms with E-state index in [0.717, 1.165) is 0 Å². The summed E-state index contributed by atoms with van der Waals surface area (Å²) in [5, 5.41) is 10.8. The lowest BCUT2D eigenvalue weighted by Crippen LogP contribution is -2.59. The predicted octanol–water partition coefficient (Wildman–Crippen LogP) is 9.76. The summed E-state index contributed by atoms with van der Waals surface area (Å²) >= 11 is 3.81. The van der Waals surface area contributed by atoms with Crippen molar-refractivity contribution in [2.24, 2.45) is 0 Å². The minimum absolute atomic E-state index is 0.172. The lowest BCUT2D eigenvalue weighted by atomic mass is 9.34. The Labute approximate surface area is 276 Å². The zero-order chi connectivity index (χ0) is 30.1. The second kappa shape index (κ2) is 7.95. The number of rotatable bonds is 0. The predicted molar refractivity (Wildman–Crippen MR) is 206 cm³/mol. The third-order valence-corrected chi connectivity index (χ3v) is 13.4. The van der Waals surface area contributed by atoms with E-state index in [1.54, 1.807) is 0 Å². The van der Waals surface area contributed by atoms with Gasteiger partial charge < -0.3 is 9.13 Å². The summed E-state index contributed by atoms with van der Waals surface area (Å²) in [6.45, 7) is 0.172. The number of para-hydroxylation sites is 2. The number of aromatic nitrogens is 2. The van der Waals surface area contributed by atoms with Crippen LogP contribution in [0.3, 0.4) is 0 Å². The van der Waals surface area contributed by atoms with E-state index in [9.17, 15) is 0 Å². The van der Waals surface area contributed by atoms with Gasteiger partial charge in [-0.15, -0.1) is 22.7 Å². The van der Waals surface area contributed by atoms with Crippen LogP contribution in [-0.2, 0) is 0 Å². The summed E-state index contributed by atoms with van der Waals surface area (Å²) in [6.07, 6.45) is 0. The molecule has 4 aromatic heterocycles. The van der Waals surface area contributed by atoms with Crippen molar-refractivity contribution in [1.29, 1.82) is 0 Å². The van der Waals surface area contributed by atoms with E-state index in [1.807, 2.05) is 22.7 Å². The number of hydrogen-bond acceptors (Lipinski definition) is 2. The van der Waals surface area contributed by atoms with E-state index in [0.29, 0.717) is 0 Å². The van der Waals surface area contributed by atoms with Crippen molar-refractivity contribution >= 4 is 130 Å². The van der Waals surface area contributed by atoms with Crippen molar-refractivity contribution < 1.29 is 0 Å². The summed E-state index contributed by atoms with van der Waals surface area (Å²) in [7, 11) is 0. The summed E-state index contributed by atoms with van der Waals surface area (Å²) in [4.78, 5) is 0. The third kappa shape index (κ3) is 2.67. The second-order valence-corrected chi connectivity index (χ2v) is 15.4. The topological polar surface area (TPSA) is 9.86 Å². The van der Waals surface area contributed by atoms with Crippen molar-refractivity contribution in [3.05, 3.63) is 127 Å². The maximum atomic E-state index is 2.58. The molecule has 2 nitrogen and oxygen atoms in total. The molecule has 214 valence electrons. The summed E-state index contributed by atoms with van der Waals surface area (Å²) < 4.78 is 10.6. The number of benzene rings is 7. The van der Waals surface area contributed by atoms with Crippen molar-refractivity contribution in [1.82, 2.24) is 9.13 Å². The van der Waals surface area contributed by atoms with E-state index in [2.05, 4.69) is 137 Å². The number of nitrogens with zero attached hydrogens (tertiary/aromatic N) is 2. The fraction of sp³-hybridized carbons (Fsp3) is 0. The van der Waals surface area contributed by atoms with Crippen LogP contribution >= 0.6 is 22.7 Å². The van der Waals surface area contributed by atoms with Gasteiger partial charge in [-0.1, -0.05) is 78.9 Å². The molecule has 0 fully saturated rings. The number of hydrogen-bond donors (Lipinski definition) is 0. The molecule has 2 aliphatic heterocycles. The third-order valence-electron chi connectivity index (χ3n) is 11.1. The molecule has 0 bridgehead atoms. The lowest BCUT2D eigenvalue weighted by Gasteiger charge is -2.33. The first-order valence-corrected chi connectivity index (χ1v) is 17.9. The highest BCUT2D eigenvalue weighted by molar-refractivity contribution is 7.26. The van der Waals surface area contributed by atoms with Gasteiger partial charge in [-0.25, -0.2) is 0 Å². The molecule has 0 saturated carbocycles. The van der Waals surface area contributed by atoms with Crippen LogP contribution in [-0.4, -0.2) is 15.8 Å². The lowest BCUT2D eigenvalue weighted by molar-refractivity contribution is 1.14. The Kier molecular flexibility index (Phi) is 4.04. The molecule has 0 aliphatic carbocycles. The van der Waals surface area contributed by atoms with Gasteiger partial charge in [-0.05, 0) is 64.9 Å². The van der Waals surface area contributed by atoms with E-state index in [4.69, 9.17) is 0 Å². The molecule has 6 heterocycles. The van der Waals surface area contributed by atoms with Crippen molar-refractivity contribution in [2.75, 3.05) is 0 Å². The van der Waals surface area contributed by atoms with E-state index in [1.165, 1.54) is 112 Å². The van der Waals surface area contributed by atoms with Gasteiger partial charge in [0, 0.05) is 84.3 Å². The minimum atomic E-state index is 0.172. The standard InChI is InChI=1S/C42H21BN2S2/c1-3-16-36-22(8-1)28-18-26-24-10-5-12-30-41(24)44(34(26)20-38(28)46-36)32-14-7-15-33-40(32)43(30)31-13-6-11-25-27-19-29-23-9-2-4-17-37(23)47-39(29)21-35(27)45(33)42(25)31/h1-21H. The van der Waals surface area contributed by atoms with Gasteiger partial charge in [0.2, 0.25) is 0 Å². The van der Waals surface area contributed by atoms with Crippen molar-refractivity contribution in [2.45, 2.75) is 0 Å². The maximum Gasteiger partial charge on any atom is 0.252 e. The summed E-state index contributed by atoms with van der Waals surface area (Å²) in [5.74, 6) is 0. The molecule has 0 spiro atoms. The van der Waals surface area contributed by atoms with Crippen LogP contribution in [0.1, 0.15) is 0 Å². The zero-order valence-corrected chi connectivity index (χ0v) is 26.5. The van der Waals surface area contributed by atoms with Crippen LogP contribution < -0.4 is 16.4 Å². The molecule has 2 aliphatic rings. The SMILES string of the molecule is c1cc2c3c(c1)-n1c4cc5sc6ccccc6c5cc4c4cccc(c41)B3c1cccc3c4cc5c(cc4n-2c13)sc1ccccc15. The Hall–Kier alpha value is -5.36. The van der Waals surface area contributed by atoms with Gasteiger partial charge in [0.25, 0.3) is 6.71 Å². The van der Waals surface area contributed by atoms with E-state index < -0.39 is 0 Å². The zero-order valence-electron chi connectivity index (χ0n) is 24.9. The monoisotopic (exact) mass is 628 g/mol. The Morgan fingerprint density at radius 3 is 1.38 bits per heavy atom. The first kappa shape index (κ1) is 23.9. The highest BCUT2D eigenvalue weighted by atomic mass is 32.1. The largest absolute Gasteiger partial charge is 0.310 e. The second-order valence-electron chi connectivity index (χ2n) is 13.2. The molecule has 11 aromatic rings. The Morgan fingerprint density at radius 2 is 0.851 bits per heavy atom. The quantitative estimate of drug-likeness (QED) is 0.148. The average molecular weight is 629 g/mol. The number of thiophene rings is 2. The first-order chi connectivity index (χ1) is 23.3. The first-order valence-electron chi connectivity index (χ1n) is 16.2. The van der Waals surface area contributed by atoms with Crippen LogP contribution in [0.2, 0.25) is 0 Å². The van der Waals surface area contributed by atoms with Gasteiger partial charge in [0.1, 0.15) is 0 Å². The number of fused-ring (bicyclic) bond motifs is 16. The summed E-state index contributed by atoms with van der Waals surface area (Å²) in [5.41, 5.74) is 12.1. The van der Waals surface area contributed by atoms with E-state index >= 15 is 0 Å². The molecule has 0 amide bonds.